The molecule has 2 rings (SSSR count). The largest absolute Gasteiger partial charge is 0.338 e. The Morgan fingerprint density at radius 3 is 2.95 bits per heavy atom. The molecule has 0 bridgehead atoms. The Bertz CT molecular complexity index is 522. The maximum absolute atomic E-state index is 6.02. The van der Waals surface area contributed by atoms with E-state index in [0.29, 0.717) is 18.1 Å². The summed E-state index contributed by atoms with van der Waals surface area (Å²) in [5.74, 6) is 1.25. The van der Waals surface area contributed by atoms with Crippen molar-refractivity contribution in [3.05, 3.63) is 47.1 Å². The van der Waals surface area contributed by atoms with Gasteiger partial charge in [0.15, 0.2) is 5.82 Å². The molecule has 102 valence electrons. The highest BCUT2D eigenvalue weighted by Crippen LogP contribution is 2.16. The summed E-state index contributed by atoms with van der Waals surface area (Å²) >= 11 is 0. The van der Waals surface area contributed by atoms with Crippen molar-refractivity contribution in [3.63, 3.8) is 0 Å². The lowest BCUT2D eigenvalue weighted by Crippen LogP contribution is -2.10. The van der Waals surface area contributed by atoms with E-state index in [-0.39, 0.29) is 6.04 Å². The smallest absolute Gasteiger partial charge is 0.243 e. The van der Waals surface area contributed by atoms with E-state index >= 15 is 0 Å². The highest BCUT2D eigenvalue weighted by Gasteiger charge is 2.14. The molecular weight excluding hydrogens is 238 g/mol. The Morgan fingerprint density at radius 2 is 2.21 bits per heavy atom. The Kier molecular flexibility index (Phi) is 4.68. The third-order valence-electron chi connectivity index (χ3n) is 3.11. The third-order valence-corrected chi connectivity index (χ3v) is 3.11. The molecule has 1 atom stereocenters. The van der Waals surface area contributed by atoms with Gasteiger partial charge in [0.05, 0.1) is 6.04 Å². The molecule has 2 aromatic rings. The van der Waals surface area contributed by atoms with Crippen LogP contribution in [0.1, 0.15) is 55.1 Å². The van der Waals surface area contributed by atoms with Gasteiger partial charge >= 0.3 is 0 Å². The average Bonchev–Trinajstić information content (AvgIpc) is 2.84. The molecule has 0 saturated carbocycles. The van der Waals surface area contributed by atoms with Gasteiger partial charge in [0.1, 0.15) is 0 Å². The fraction of sp³-hybridized carbons (Fsp3) is 0.467. The number of aryl methyl sites for hydroxylation is 1. The number of hydrogen-bond acceptors (Lipinski definition) is 4. The summed E-state index contributed by atoms with van der Waals surface area (Å²) < 4.78 is 5.24. The monoisotopic (exact) mass is 259 g/mol. The third kappa shape index (κ3) is 3.89. The van der Waals surface area contributed by atoms with Gasteiger partial charge in [0.2, 0.25) is 5.89 Å². The van der Waals surface area contributed by atoms with Crippen molar-refractivity contribution in [2.45, 2.75) is 45.6 Å². The minimum Gasteiger partial charge on any atom is -0.338 e. The molecule has 0 amide bonds. The summed E-state index contributed by atoms with van der Waals surface area (Å²) in [4.78, 5) is 4.39. The molecule has 1 heterocycles. The van der Waals surface area contributed by atoms with Crippen LogP contribution in [0.4, 0.5) is 0 Å². The van der Waals surface area contributed by atoms with Crippen LogP contribution in [0.15, 0.2) is 28.8 Å². The summed E-state index contributed by atoms with van der Waals surface area (Å²) in [6.45, 7) is 4.22. The SMILES string of the molecule is CCCC[C@H](N)c1nc(Cc2cccc(C)c2)no1. The molecule has 1 aromatic heterocycles. The molecule has 0 radical (unpaired) electrons. The van der Waals surface area contributed by atoms with Gasteiger partial charge in [0, 0.05) is 6.42 Å². The van der Waals surface area contributed by atoms with Gasteiger partial charge in [-0.3, -0.25) is 0 Å². The van der Waals surface area contributed by atoms with Crippen molar-refractivity contribution >= 4 is 0 Å². The molecule has 19 heavy (non-hydrogen) atoms. The highest BCUT2D eigenvalue weighted by molar-refractivity contribution is 5.24. The van der Waals surface area contributed by atoms with Gasteiger partial charge in [-0.15, -0.1) is 0 Å². The lowest BCUT2D eigenvalue weighted by molar-refractivity contribution is 0.343. The lowest BCUT2D eigenvalue weighted by atomic mass is 10.1. The second-order valence-electron chi connectivity index (χ2n) is 4.96. The highest BCUT2D eigenvalue weighted by atomic mass is 16.5. The van der Waals surface area contributed by atoms with Crippen LogP contribution in [-0.4, -0.2) is 10.1 Å². The van der Waals surface area contributed by atoms with E-state index in [2.05, 4.69) is 42.2 Å². The number of nitrogens with two attached hydrogens (primary N) is 1. The predicted octanol–water partition coefficient (Wildman–Crippen LogP) is 3.16. The van der Waals surface area contributed by atoms with Gasteiger partial charge in [-0.1, -0.05) is 54.8 Å². The summed E-state index contributed by atoms with van der Waals surface area (Å²) in [6, 6.07) is 8.18. The molecule has 0 aliphatic heterocycles. The predicted molar refractivity (Wildman–Crippen MR) is 74.7 cm³/mol. The van der Waals surface area contributed by atoms with E-state index in [9.17, 15) is 0 Å². The molecule has 0 unspecified atom stereocenters. The second kappa shape index (κ2) is 6.48. The van der Waals surface area contributed by atoms with Crippen molar-refractivity contribution < 1.29 is 4.52 Å². The van der Waals surface area contributed by atoms with Crippen molar-refractivity contribution in [1.29, 1.82) is 0 Å². The van der Waals surface area contributed by atoms with Gasteiger partial charge < -0.3 is 10.3 Å². The minimum absolute atomic E-state index is 0.140. The summed E-state index contributed by atoms with van der Waals surface area (Å²) in [5.41, 5.74) is 8.44. The van der Waals surface area contributed by atoms with Crippen LogP contribution in [0.25, 0.3) is 0 Å². The van der Waals surface area contributed by atoms with Crippen molar-refractivity contribution in [2.24, 2.45) is 5.73 Å². The molecule has 0 fully saturated rings. The van der Waals surface area contributed by atoms with E-state index in [1.165, 1.54) is 11.1 Å². The van der Waals surface area contributed by atoms with Crippen LogP contribution >= 0.6 is 0 Å². The van der Waals surface area contributed by atoms with Gasteiger partial charge in [-0.2, -0.15) is 4.98 Å². The topological polar surface area (TPSA) is 64.9 Å². The molecular formula is C15H21N3O. The lowest BCUT2D eigenvalue weighted by Gasteiger charge is -2.03. The van der Waals surface area contributed by atoms with Crippen LogP contribution in [0.2, 0.25) is 0 Å². The van der Waals surface area contributed by atoms with Crippen LogP contribution in [-0.2, 0) is 6.42 Å². The van der Waals surface area contributed by atoms with E-state index < -0.39 is 0 Å². The van der Waals surface area contributed by atoms with E-state index in [1.807, 2.05) is 6.07 Å². The first-order valence-corrected chi connectivity index (χ1v) is 6.82. The number of rotatable bonds is 6. The first-order chi connectivity index (χ1) is 9.19. The normalized spacial score (nSPS) is 12.6. The molecule has 4 heteroatoms. The summed E-state index contributed by atoms with van der Waals surface area (Å²) in [7, 11) is 0. The van der Waals surface area contributed by atoms with Crippen LogP contribution < -0.4 is 5.73 Å². The van der Waals surface area contributed by atoms with E-state index in [0.717, 1.165) is 19.3 Å². The zero-order valence-corrected chi connectivity index (χ0v) is 11.6. The first kappa shape index (κ1) is 13.7. The minimum atomic E-state index is -0.140. The molecule has 2 N–H and O–H groups in total. The molecule has 0 saturated heterocycles. The second-order valence-corrected chi connectivity index (χ2v) is 4.96. The summed E-state index contributed by atoms with van der Waals surface area (Å²) in [5, 5.41) is 4.00. The molecule has 4 nitrogen and oxygen atoms in total. The van der Waals surface area contributed by atoms with Crippen LogP contribution in [0, 0.1) is 6.92 Å². The number of aromatic nitrogens is 2. The van der Waals surface area contributed by atoms with E-state index in [4.69, 9.17) is 10.3 Å². The number of unbranched alkanes of at least 4 members (excludes halogenated alkanes) is 1. The van der Waals surface area contributed by atoms with Gasteiger partial charge in [-0.05, 0) is 18.9 Å². The van der Waals surface area contributed by atoms with Crippen LogP contribution in [0.3, 0.4) is 0 Å². The Hall–Kier alpha value is -1.68. The fourth-order valence-electron chi connectivity index (χ4n) is 2.04. The zero-order valence-electron chi connectivity index (χ0n) is 11.6. The summed E-state index contributed by atoms with van der Waals surface area (Å²) in [6.07, 6.45) is 3.78. The molecule has 0 spiro atoms. The maximum Gasteiger partial charge on any atom is 0.243 e. The van der Waals surface area contributed by atoms with Crippen molar-refractivity contribution in [3.8, 4) is 0 Å². The standard InChI is InChI=1S/C15H21N3O/c1-3-4-8-13(16)15-17-14(18-19-15)10-12-7-5-6-11(2)9-12/h5-7,9,13H,3-4,8,10,16H2,1-2H3/t13-/m0/s1. The number of benzene rings is 1. The van der Waals surface area contributed by atoms with Crippen molar-refractivity contribution in [1.82, 2.24) is 10.1 Å². The quantitative estimate of drug-likeness (QED) is 0.865. The molecule has 0 aliphatic carbocycles. The Morgan fingerprint density at radius 1 is 1.37 bits per heavy atom. The Balaban J connectivity index is 2.01. The van der Waals surface area contributed by atoms with E-state index in [1.54, 1.807) is 0 Å². The van der Waals surface area contributed by atoms with Gasteiger partial charge in [-0.25, -0.2) is 0 Å². The van der Waals surface area contributed by atoms with Crippen LogP contribution in [0.5, 0.6) is 0 Å². The fourth-order valence-corrected chi connectivity index (χ4v) is 2.04. The van der Waals surface area contributed by atoms with Crippen molar-refractivity contribution in [2.75, 3.05) is 0 Å². The zero-order chi connectivity index (χ0) is 13.7. The number of nitrogens with zero attached hydrogens (tertiary/aromatic N) is 2. The maximum atomic E-state index is 6.02. The first-order valence-electron chi connectivity index (χ1n) is 6.82. The van der Waals surface area contributed by atoms with Gasteiger partial charge in [0.25, 0.3) is 0 Å². The average molecular weight is 259 g/mol. The Labute approximate surface area is 114 Å². The molecule has 1 aromatic carbocycles. The molecule has 0 aliphatic rings. The number of hydrogen-bond donors (Lipinski definition) is 1.